The molecule has 0 saturated carbocycles. The van der Waals surface area contributed by atoms with Gasteiger partial charge in [0.05, 0.1) is 0 Å². The number of anilines is 1. The van der Waals surface area contributed by atoms with Crippen molar-refractivity contribution in [2.45, 2.75) is 6.42 Å². The van der Waals surface area contributed by atoms with Crippen molar-refractivity contribution in [2.75, 3.05) is 5.73 Å². The van der Waals surface area contributed by atoms with Crippen LogP contribution in [0.4, 0.5) is 10.2 Å². The van der Waals surface area contributed by atoms with Crippen LogP contribution in [0.1, 0.15) is 11.4 Å². The highest BCUT2D eigenvalue weighted by atomic mass is 35.5. The van der Waals surface area contributed by atoms with E-state index in [9.17, 15) is 4.39 Å². The Balaban J connectivity index is 1.90. The second-order valence-electron chi connectivity index (χ2n) is 3.89. The molecule has 0 unspecified atom stereocenters. The topological polar surface area (TPSA) is 104 Å². The zero-order chi connectivity index (χ0) is 14.1. The molecular formula is C11H7ClFN5O2. The van der Waals surface area contributed by atoms with Crippen molar-refractivity contribution in [1.29, 1.82) is 0 Å². The number of hydrogen-bond donors (Lipinski definition) is 1. The van der Waals surface area contributed by atoms with Crippen molar-refractivity contribution in [3.63, 3.8) is 0 Å². The number of nitrogens with two attached hydrogens (primary N) is 1. The third kappa shape index (κ3) is 2.21. The van der Waals surface area contributed by atoms with Gasteiger partial charge in [0.25, 0.3) is 5.89 Å². The molecule has 0 spiro atoms. The zero-order valence-corrected chi connectivity index (χ0v) is 10.6. The first-order valence-electron chi connectivity index (χ1n) is 5.49. The number of halogens is 2. The van der Waals surface area contributed by atoms with Gasteiger partial charge in [-0.25, -0.2) is 9.02 Å². The lowest BCUT2D eigenvalue weighted by Gasteiger charge is -2.01. The Labute approximate surface area is 116 Å². The van der Waals surface area contributed by atoms with Crippen molar-refractivity contribution in [2.24, 2.45) is 0 Å². The summed E-state index contributed by atoms with van der Waals surface area (Å²) in [4.78, 5) is 4.05. The number of benzene rings is 1. The fourth-order valence-corrected chi connectivity index (χ4v) is 1.85. The minimum Gasteiger partial charge on any atom is -0.379 e. The average Bonchev–Trinajstić information content (AvgIpc) is 3.02. The van der Waals surface area contributed by atoms with Crippen molar-refractivity contribution in [1.82, 2.24) is 20.5 Å². The van der Waals surface area contributed by atoms with Crippen LogP contribution >= 0.6 is 11.6 Å². The van der Waals surface area contributed by atoms with Crippen LogP contribution in [0.25, 0.3) is 11.6 Å². The van der Waals surface area contributed by atoms with Crippen LogP contribution < -0.4 is 5.73 Å². The van der Waals surface area contributed by atoms with Crippen molar-refractivity contribution in [3.8, 4) is 11.6 Å². The highest BCUT2D eigenvalue weighted by Gasteiger charge is 2.18. The van der Waals surface area contributed by atoms with E-state index in [1.165, 1.54) is 12.1 Å². The van der Waals surface area contributed by atoms with E-state index in [0.717, 1.165) is 0 Å². The van der Waals surface area contributed by atoms with E-state index in [1.54, 1.807) is 6.07 Å². The Morgan fingerprint density at radius 3 is 2.80 bits per heavy atom. The molecule has 0 atom stereocenters. The Kier molecular flexibility index (Phi) is 3.07. The van der Waals surface area contributed by atoms with E-state index in [4.69, 9.17) is 21.9 Å². The molecule has 0 saturated heterocycles. The maximum atomic E-state index is 13.7. The van der Waals surface area contributed by atoms with E-state index < -0.39 is 5.82 Å². The summed E-state index contributed by atoms with van der Waals surface area (Å²) in [5.41, 5.74) is 5.93. The number of aromatic nitrogens is 4. The molecule has 0 aliphatic heterocycles. The molecule has 0 aliphatic carbocycles. The summed E-state index contributed by atoms with van der Waals surface area (Å²) in [5.74, 6) is -0.115. The third-order valence-corrected chi connectivity index (χ3v) is 2.94. The maximum absolute atomic E-state index is 13.7. The Hall–Kier alpha value is -2.48. The summed E-state index contributed by atoms with van der Waals surface area (Å²) in [7, 11) is 0. The number of nitrogens with zero attached hydrogens (tertiary/aromatic N) is 4. The normalized spacial score (nSPS) is 10.9. The van der Waals surface area contributed by atoms with Gasteiger partial charge in [0.2, 0.25) is 11.5 Å². The molecule has 2 aromatic heterocycles. The maximum Gasteiger partial charge on any atom is 0.284 e. The Morgan fingerprint density at radius 2 is 2.10 bits per heavy atom. The molecule has 3 rings (SSSR count). The van der Waals surface area contributed by atoms with Crippen molar-refractivity contribution in [3.05, 3.63) is 40.4 Å². The van der Waals surface area contributed by atoms with E-state index in [0.29, 0.717) is 5.02 Å². The van der Waals surface area contributed by atoms with E-state index >= 15 is 0 Å². The van der Waals surface area contributed by atoms with Gasteiger partial charge in [-0.3, -0.25) is 0 Å². The number of nitrogen functional groups attached to an aromatic ring is 1. The molecule has 3 aromatic rings. The first-order valence-corrected chi connectivity index (χ1v) is 5.87. The van der Waals surface area contributed by atoms with Gasteiger partial charge in [-0.2, -0.15) is 4.98 Å². The van der Waals surface area contributed by atoms with Crippen LogP contribution in [0.2, 0.25) is 5.02 Å². The number of rotatable bonds is 3. The van der Waals surface area contributed by atoms with Crippen molar-refractivity contribution < 1.29 is 13.5 Å². The molecule has 7 nitrogen and oxygen atoms in total. The molecule has 0 aliphatic rings. The van der Waals surface area contributed by atoms with Crippen LogP contribution in [-0.4, -0.2) is 20.5 Å². The first-order chi connectivity index (χ1) is 9.65. The lowest BCUT2D eigenvalue weighted by molar-refractivity contribution is 0.308. The van der Waals surface area contributed by atoms with Gasteiger partial charge in [-0.05, 0) is 22.4 Å². The highest BCUT2D eigenvalue weighted by molar-refractivity contribution is 6.31. The second-order valence-corrected chi connectivity index (χ2v) is 4.30. The molecule has 0 radical (unpaired) electrons. The van der Waals surface area contributed by atoms with Gasteiger partial charge < -0.3 is 10.3 Å². The van der Waals surface area contributed by atoms with Gasteiger partial charge in [0, 0.05) is 17.0 Å². The van der Waals surface area contributed by atoms with E-state index in [1.807, 2.05) is 0 Å². The van der Waals surface area contributed by atoms with Crippen molar-refractivity contribution >= 4 is 17.4 Å². The number of hydrogen-bond acceptors (Lipinski definition) is 7. The molecule has 0 amide bonds. The lowest BCUT2D eigenvalue weighted by atomic mass is 10.1. The van der Waals surface area contributed by atoms with E-state index in [-0.39, 0.29) is 35.2 Å². The smallest absolute Gasteiger partial charge is 0.284 e. The van der Waals surface area contributed by atoms with Gasteiger partial charge in [0.15, 0.2) is 5.82 Å². The summed E-state index contributed by atoms with van der Waals surface area (Å²) in [6.45, 7) is 0. The fraction of sp³-hybridized carbons (Fsp3) is 0.0909. The lowest BCUT2D eigenvalue weighted by Crippen LogP contribution is -1.96. The molecule has 20 heavy (non-hydrogen) atoms. The van der Waals surface area contributed by atoms with Crippen LogP contribution in [0.5, 0.6) is 0 Å². The Morgan fingerprint density at radius 1 is 1.25 bits per heavy atom. The molecule has 1 aromatic carbocycles. The first kappa shape index (κ1) is 12.5. The minimum atomic E-state index is -0.438. The molecule has 0 fully saturated rings. The molecule has 0 bridgehead atoms. The van der Waals surface area contributed by atoms with Crippen LogP contribution in [0, 0.1) is 5.82 Å². The summed E-state index contributed by atoms with van der Waals surface area (Å²) >= 11 is 5.93. The predicted molar refractivity (Wildman–Crippen MR) is 66.2 cm³/mol. The van der Waals surface area contributed by atoms with Crippen LogP contribution in [0.15, 0.2) is 27.4 Å². The molecule has 102 valence electrons. The highest BCUT2D eigenvalue weighted by Crippen LogP contribution is 2.24. The summed E-state index contributed by atoms with van der Waals surface area (Å²) < 4.78 is 23.1. The van der Waals surface area contributed by atoms with Crippen LogP contribution in [-0.2, 0) is 6.42 Å². The molecule has 9 heteroatoms. The van der Waals surface area contributed by atoms with Gasteiger partial charge in [0.1, 0.15) is 5.82 Å². The van der Waals surface area contributed by atoms with E-state index in [2.05, 4.69) is 25.1 Å². The summed E-state index contributed by atoms with van der Waals surface area (Å²) in [6, 6.07) is 4.41. The SMILES string of the molecule is Nc1nonc1-c1nc(Cc2c(F)cccc2Cl)no1. The van der Waals surface area contributed by atoms with Gasteiger partial charge in [-0.1, -0.05) is 22.8 Å². The molecular weight excluding hydrogens is 289 g/mol. The van der Waals surface area contributed by atoms with Crippen LogP contribution in [0.3, 0.4) is 0 Å². The largest absolute Gasteiger partial charge is 0.379 e. The average molecular weight is 296 g/mol. The quantitative estimate of drug-likeness (QED) is 0.788. The monoisotopic (exact) mass is 295 g/mol. The summed E-state index contributed by atoms with van der Waals surface area (Å²) in [6.07, 6.45) is 0.0835. The molecule has 2 N–H and O–H groups in total. The molecule has 2 heterocycles. The second kappa shape index (κ2) is 4.89. The predicted octanol–water partition coefficient (Wildman–Crippen LogP) is 2.09. The third-order valence-electron chi connectivity index (χ3n) is 2.58. The fourth-order valence-electron chi connectivity index (χ4n) is 1.63. The van der Waals surface area contributed by atoms with Gasteiger partial charge in [-0.15, -0.1) is 0 Å². The standard InChI is InChI=1S/C11H7ClFN5O2/c12-6-2-1-3-7(13)5(6)4-8-15-11(19-16-8)9-10(14)18-20-17-9/h1-3H,4H2,(H2,14,18). The Bertz CT molecular complexity index is 737. The summed E-state index contributed by atoms with van der Waals surface area (Å²) in [5, 5.41) is 10.9. The zero-order valence-electron chi connectivity index (χ0n) is 9.88. The van der Waals surface area contributed by atoms with Gasteiger partial charge >= 0.3 is 0 Å². The minimum absolute atomic E-state index is 0.0316.